The van der Waals surface area contributed by atoms with Crippen LogP contribution in [0.4, 0.5) is 4.79 Å². The molecule has 0 aromatic rings. The van der Waals surface area contributed by atoms with Crippen molar-refractivity contribution in [1.29, 1.82) is 0 Å². The summed E-state index contributed by atoms with van der Waals surface area (Å²) >= 11 is 1.86. The van der Waals surface area contributed by atoms with Crippen molar-refractivity contribution in [1.82, 2.24) is 10.6 Å². The Kier molecular flexibility index (Phi) is 5.34. The average molecular weight is 298 g/mol. The Labute approximate surface area is 123 Å². The summed E-state index contributed by atoms with van der Waals surface area (Å²) in [6.07, 6.45) is 10.4. The zero-order valence-corrected chi connectivity index (χ0v) is 12.5. The van der Waals surface area contributed by atoms with Crippen molar-refractivity contribution in [2.45, 2.75) is 49.4 Å². The number of thioether (sulfide) groups is 1. The Balaban J connectivity index is 1.73. The van der Waals surface area contributed by atoms with Crippen LogP contribution in [-0.2, 0) is 4.79 Å². The number of urea groups is 1. The summed E-state index contributed by atoms with van der Waals surface area (Å²) in [4.78, 5) is 22.8. The zero-order valence-electron chi connectivity index (χ0n) is 11.7. The molecule has 0 radical (unpaired) electrons. The molecule has 2 rings (SSSR count). The molecule has 1 saturated carbocycles. The highest BCUT2D eigenvalue weighted by molar-refractivity contribution is 7.99. The average Bonchev–Trinajstić information content (AvgIpc) is 2.87. The van der Waals surface area contributed by atoms with Gasteiger partial charge in [-0.2, -0.15) is 11.8 Å². The number of hydrogen-bond acceptors (Lipinski definition) is 3. The predicted octanol–water partition coefficient (Wildman–Crippen LogP) is 1.99. The molecule has 3 N–H and O–H groups in total. The van der Waals surface area contributed by atoms with Gasteiger partial charge in [0.05, 0.1) is 12.0 Å². The first-order chi connectivity index (χ1) is 9.58. The molecule has 2 aliphatic rings. The molecule has 4 unspecified atom stereocenters. The summed E-state index contributed by atoms with van der Waals surface area (Å²) in [5.74, 6) is -1.31. The second kappa shape index (κ2) is 7.02. The van der Waals surface area contributed by atoms with Crippen LogP contribution < -0.4 is 10.6 Å². The van der Waals surface area contributed by atoms with Crippen molar-refractivity contribution < 1.29 is 14.7 Å². The zero-order chi connectivity index (χ0) is 14.5. The molecule has 20 heavy (non-hydrogen) atoms. The number of nitrogens with one attached hydrogen (secondary N) is 2. The van der Waals surface area contributed by atoms with E-state index in [-0.39, 0.29) is 18.1 Å². The molecule has 0 saturated heterocycles. The van der Waals surface area contributed by atoms with Crippen LogP contribution in [0.25, 0.3) is 0 Å². The van der Waals surface area contributed by atoms with E-state index in [2.05, 4.69) is 16.9 Å². The van der Waals surface area contributed by atoms with Gasteiger partial charge < -0.3 is 15.7 Å². The highest BCUT2D eigenvalue weighted by Gasteiger charge is 2.27. The van der Waals surface area contributed by atoms with Gasteiger partial charge in [0.2, 0.25) is 0 Å². The molecule has 4 atom stereocenters. The van der Waals surface area contributed by atoms with Gasteiger partial charge in [0, 0.05) is 11.3 Å². The van der Waals surface area contributed by atoms with E-state index in [9.17, 15) is 9.59 Å². The molecular formula is C14H22N2O3S. The van der Waals surface area contributed by atoms with E-state index in [4.69, 9.17) is 5.11 Å². The van der Waals surface area contributed by atoms with Gasteiger partial charge >= 0.3 is 12.0 Å². The third-order valence-electron chi connectivity index (χ3n) is 4.01. The van der Waals surface area contributed by atoms with Crippen LogP contribution in [0.15, 0.2) is 12.2 Å². The van der Waals surface area contributed by atoms with E-state index < -0.39 is 11.9 Å². The first-order valence-corrected chi connectivity index (χ1v) is 8.38. The predicted molar refractivity (Wildman–Crippen MR) is 79.9 cm³/mol. The summed E-state index contributed by atoms with van der Waals surface area (Å²) in [6.45, 7) is 0. The van der Waals surface area contributed by atoms with E-state index in [1.165, 1.54) is 6.42 Å². The minimum Gasteiger partial charge on any atom is -0.481 e. The van der Waals surface area contributed by atoms with Crippen molar-refractivity contribution in [3.63, 3.8) is 0 Å². The van der Waals surface area contributed by atoms with Crippen LogP contribution in [0, 0.1) is 5.92 Å². The van der Waals surface area contributed by atoms with E-state index in [0.717, 1.165) is 19.3 Å². The maximum Gasteiger partial charge on any atom is 0.315 e. The first-order valence-electron chi connectivity index (χ1n) is 7.09. The van der Waals surface area contributed by atoms with E-state index in [0.29, 0.717) is 11.7 Å². The van der Waals surface area contributed by atoms with Gasteiger partial charge in [-0.1, -0.05) is 18.6 Å². The van der Waals surface area contributed by atoms with Crippen LogP contribution >= 0.6 is 11.8 Å². The van der Waals surface area contributed by atoms with Gasteiger partial charge in [-0.3, -0.25) is 4.79 Å². The number of amides is 2. The largest absolute Gasteiger partial charge is 0.481 e. The molecule has 0 bridgehead atoms. The number of carboxylic acids is 1. The molecule has 1 fully saturated rings. The molecule has 112 valence electrons. The van der Waals surface area contributed by atoms with Crippen molar-refractivity contribution in [2.24, 2.45) is 5.92 Å². The molecule has 0 heterocycles. The van der Waals surface area contributed by atoms with Crippen molar-refractivity contribution in [2.75, 3.05) is 6.26 Å². The standard InChI is InChI=1S/C14H22N2O3S/c1-20-12-4-2-3-10(8-12)15-14(19)16-11-6-5-9(7-11)13(17)18/h5-6,9-12H,2-4,7-8H2,1H3,(H,17,18)(H2,15,16,19). The number of carboxylic acid groups (broad SMARTS) is 1. The molecule has 5 nitrogen and oxygen atoms in total. The van der Waals surface area contributed by atoms with Crippen molar-refractivity contribution >= 4 is 23.8 Å². The highest BCUT2D eigenvalue weighted by atomic mass is 32.2. The maximum atomic E-state index is 11.9. The van der Waals surface area contributed by atoms with Crippen LogP contribution in [0.1, 0.15) is 32.1 Å². The van der Waals surface area contributed by atoms with Gasteiger partial charge in [0.25, 0.3) is 0 Å². The number of carbonyl (C=O) groups is 2. The van der Waals surface area contributed by atoms with Gasteiger partial charge in [-0.25, -0.2) is 4.79 Å². The fourth-order valence-electron chi connectivity index (χ4n) is 2.87. The number of aliphatic carboxylic acids is 1. The highest BCUT2D eigenvalue weighted by Crippen LogP contribution is 2.26. The number of carbonyl (C=O) groups excluding carboxylic acids is 1. The third kappa shape index (κ3) is 4.16. The van der Waals surface area contributed by atoms with E-state index in [1.54, 1.807) is 12.2 Å². The number of hydrogen-bond donors (Lipinski definition) is 3. The summed E-state index contributed by atoms with van der Waals surface area (Å²) in [5, 5.41) is 15.4. The van der Waals surface area contributed by atoms with Crippen molar-refractivity contribution in [3.8, 4) is 0 Å². The van der Waals surface area contributed by atoms with Gasteiger partial charge in [0.15, 0.2) is 0 Å². The third-order valence-corrected chi connectivity index (χ3v) is 5.11. The molecule has 2 amide bonds. The SMILES string of the molecule is CSC1CCCC(NC(=O)NC2C=CC(C(=O)O)C2)C1. The molecule has 0 spiro atoms. The van der Waals surface area contributed by atoms with Crippen LogP contribution in [0.3, 0.4) is 0 Å². The second-order valence-electron chi connectivity index (χ2n) is 5.51. The van der Waals surface area contributed by atoms with Crippen molar-refractivity contribution in [3.05, 3.63) is 12.2 Å². The summed E-state index contributed by atoms with van der Waals surface area (Å²) in [7, 11) is 0. The van der Waals surface area contributed by atoms with Crippen LogP contribution in [0.5, 0.6) is 0 Å². The summed E-state index contributed by atoms with van der Waals surface area (Å²) < 4.78 is 0. The quantitative estimate of drug-likeness (QED) is 0.694. The van der Waals surface area contributed by atoms with E-state index >= 15 is 0 Å². The summed E-state index contributed by atoms with van der Waals surface area (Å²) in [5.41, 5.74) is 0. The molecular weight excluding hydrogens is 276 g/mol. The molecule has 2 aliphatic carbocycles. The molecule has 0 aromatic heterocycles. The lowest BCUT2D eigenvalue weighted by Crippen LogP contribution is -2.47. The smallest absolute Gasteiger partial charge is 0.315 e. The Morgan fingerprint density at radius 1 is 1.20 bits per heavy atom. The fourth-order valence-corrected chi connectivity index (χ4v) is 3.70. The minimum atomic E-state index is -0.832. The Morgan fingerprint density at radius 3 is 2.65 bits per heavy atom. The lowest BCUT2D eigenvalue weighted by molar-refractivity contribution is -0.140. The van der Waals surface area contributed by atoms with Gasteiger partial charge in [0.1, 0.15) is 0 Å². The Bertz CT molecular complexity index is 400. The van der Waals surface area contributed by atoms with Gasteiger partial charge in [-0.15, -0.1) is 0 Å². The normalized spacial score (nSPS) is 32.9. The van der Waals surface area contributed by atoms with Gasteiger partial charge in [-0.05, 0) is 31.9 Å². The van der Waals surface area contributed by atoms with Crippen LogP contribution in [-0.4, -0.2) is 40.7 Å². The maximum absolute atomic E-state index is 11.9. The minimum absolute atomic E-state index is 0.170. The Hall–Kier alpha value is -1.17. The van der Waals surface area contributed by atoms with Crippen LogP contribution in [0.2, 0.25) is 0 Å². The molecule has 6 heteroatoms. The fraction of sp³-hybridized carbons (Fsp3) is 0.714. The topological polar surface area (TPSA) is 78.4 Å². The first kappa shape index (κ1) is 15.2. The number of rotatable bonds is 4. The molecule has 0 aliphatic heterocycles. The van der Waals surface area contributed by atoms with E-state index in [1.807, 2.05) is 11.8 Å². The summed E-state index contributed by atoms with van der Waals surface area (Å²) in [6, 6.07) is -0.115. The monoisotopic (exact) mass is 298 g/mol. The molecule has 0 aromatic carbocycles. The Morgan fingerprint density at radius 2 is 2.00 bits per heavy atom. The lowest BCUT2D eigenvalue weighted by Gasteiger charge is -2.29. The second-order valence-corrected chi connectivity index (χ2v) is 6.65. The lowest BCUT2D eigenvalue weighted by atomic mass is 9.95.